The molecule has 0 saturated heterocycles. The topological polar surface area (TPSA) is 66.2 Å². The zero-order chi connectivity index (χ0) is 17.6. The number of para-hydroxylation sites is 2. The molecule has 2 aromatic carbocycles. The summed E-state index contributed by atoms with van der Waals surface area (Å²) in [4.78, 5) is 7.85. The van der Waals surface area contributed by atoms with E-state index in [-0.39, 0.29) is 22.5 Å². The Kier molecular flexibility index (Phi) is 3.28. The van der Waals surface area contributed by atoms with E-state index in [4.69, 9.17) is 0 Å². The van der Waals surface area contributed by atoms with Crippen molar-refractivity contribution in [3.8, 4) is 11.5 Å². The molecule has 0 atom stereocenters. The zero-order valence-electron chi connectivity index (χ0n) is 12.8. The fraction of sp³-hybridized carbons (Fsp3) is 0.0526. The maximum Gasteiger partial charge on any atom is 0.331 e. The summed E-state index contributed by atoms with van der Waals surface area (Å²) >= 11 is 0. The summed E-state index contributed by atoms with van der Waals surface area (Å²) in [5.41, 5.74) is -0.848. The van der Waals surface area contributed by atoms with Gasteiger partial charge >= 0.3 is 5.92 Å². The molecule has 0 aliphatic carbocycles. The smallest absolute Gasteiger partial charge is 0.331 e. The minimum absolute atomic E-state index is 0.100. The van der Waals surface area contributed by atoms with Crippen LogP contribution >= 0.6 is 0 Å². The van der Waals surface area contributed by atoms with E-state index in [1.54, 1.807) is 24.3 Å². The van der Waals surface area contributed by atoms with E-state index in [2.05, 4.69) is 9.97 Å². The van der Waals surface area contributed by atoms with Gasteiger partial charge in [0.15, 0.2) is 0 Å². The van der Waals surface area contributed by atoms with Gasteiger partial charge in [0.2, 0.25) is 0 Å². The molecule has 2 heterocycles. The maximum absolute atomic E-state index is 14.9. The van der Waals surface area contributed by atoms with Gasteiger partial charge in [-0.1, -0.05) is 36.4 Å². The number of halogens is 2. The number of pyridine rings is 2. The van der Waals surface area contributed by atoms with Gasteiger partial charge in [0.25, 0.3) is 0 Å². The second-order valence-corrected chi connectivity index (χ2v) is 5.67. The Labute approximate surface area is 141 Å². The first kappa shape index (κ1) is 15.3. The SMILES string of the molecule is Oc1cccc2ccc(C(F)(F)c3ccc4cccc(O)c4n3)nc12. The van der Waals surface area contributed by atoms with Crippen LogP contribution in [-0.4, -0.2) is 20.2 Å². The first-order chi connectivity index (χ1) is 12.0. The molecule has 0 saturated carbocycles. The van der Waals surface area contributed by atoms with Crippen molar-refractivity contribution in [3.05, 3.63) is 72.1 Å². The standard InChI is InChI=1S/C19H12F2N2O2/c20-19(21,15-9-7-11-3-1-5-13(24)17(11)22-15)16-10-8-12-4-2-6-14(25)18(12)23-16/h1-10,24-25H. The van der Waals surface area contributed by atoms with E-state index in [0.29, 0.717) is 10.8 Å². The van der Waals surface area contributed by atoms with Crippen LogP contribution in [0.4, 0.5) is 8.78 Å². The number of benzene rings is 2. The predicted octanol–water partition coefficient (Wildman–Crippen LogP) is 4.33. The van der Waals surface area contributed by atoms with Gasteiger partial charge in [-0.25, -0.2) is 9.97 Å². The summed E-state index contributed by atoms with van der Waals surface area (Å²) in [6.45, 7) is 0. The number of rotatable bonds is 2. The van der Waals surface area contributed by atoms with Gasteiger partial charge in [-0.15, -0.1) is 0 Å². The summed E-state index contributed by atoms with van der Waals surface area (Å²) in [7, 11) is 0. The molecule has 4 aromatic rings. The highest BCUT2D eigenvalue weighted by molar-refractivity contribution is 5.85. The van der Waals surface area contributed by atoms with Crippen molar-refractivity contribution in [2.45, 2.75) is 5.92 Å². The molecule has 0 bridgehead atoms. The summed E-state index contributed by atoms with van der Waals surface area (Å²) in [6.07, 6.45) is 0. The third-order valence-electron chi connectivity index (χ3n) is 4.04. The van der Waals surface area contributed by atoms with E-state index in [1.807, 2.05) is 0 Å². The average molecular weight is 338 g/mol. The summed E-state index contributed by atoms with van der Waals surface area (Å²) in [5, 5.41) is 20.8. The minimum Gasteiger partial charge on any atom is -0.506 e. The first-order valence-electron chi connectivity index (χ1n) is 7.53. The molecule has 0 fully saturated rings. The van der Waals surface area contributed by atoms with Crippen molar-refractivity contribution in [2.75, 3.05) is 0 Å². The Hall–Kier alpha value is -3.28. The van der Waals surface area contributed by atoms with E-state index in [0.717, 1.165) is 0 Å². The summed E-state index contributed by atoms with van der Waals surface area (Å²) in [5.74, 6) is -3.81. The molecule has 2 N–H and O–H groups in total. The number of phenolic OH excluding ortho intramolecular Hbond substituents is 2. The summed E-state index contributed by atoms with van der Waals surface area (Å²) < 4.78 is 29.8. The fourth-order valence-electron chi connectivity index (χ4n) is 2.74. The first-order valence-corrected chi connectivity index (χ1v) is 7.53. The lowest BCUT2D eigenvalue weighted by Gasteiger charge is -2.16. The van der Waals surface area contributed by atoms with Crippen LogP contribution in [0.1, 0.15) is 11.4 Å². The van der Waals surface area contributed by atoms with Crippen LogP contribution < -0.4 is 0 Å². The number of aromatic hydroxyl groups is 2. The largest absolute Gasteiger partial charge is 0.506 e. The van der Waals surface area contributed by atoms with Crippen molar-refractivity contribution in [1.29, 1.82) is 0 Å². The highest BCUT2D eigenvalue weighted by Crippen LogP contribution is 2.36. The van der Waals surface area contributed by atoms with Crippen molar-refractivity contribution >= 4 is 21.8 Å². The molecular formula is C19H12F2N2O2. The lowest BCUT2D eigenvalue weighted by atomic mass is 10.1. The predicted molar refractivity (Wildman–Crippen MR) is 89.8 cm³/mol. The van der Waals surface area contributed by atoms with Crippen molar-refractivity contribution in [1.82, 2.24) is 9.97 Å². The molecule has 0 spiro atoms. The van der Waals surface area contributed by atoms with Crippen molar-refractivity contribution in [2.24, 2.45) is 0 Å². The van der Waals surface area contributed by atoms with Gasteiger partial charge in [-0.05, 0) is 24.3 Å². The van der Waals surface area contributed by atoms with Crippen LogP contribution in [0.3, 0.4) is 0 Å². The number of nitrogens with zero attached hydrogens (tertiary/aromatic N) is 2. The Morgan fingerprint density at radius 3 is 1.52 bits per heavy atom. The number of alkyl halides is 2. The van der Waals surface area contributed by atoms with E-state index < -0.39 is 17.3 Å². The number of phenols is 2. The van der Waals surface area contributed by atoms with Gasteiger partial charge in [0, 0.05) is 10.8 Å². The minimum atomic E-state index is -3.48. The van der Waals surface area contributed by atoms with Crippen LogP contribution in [0, 0.1) is 0 Å². The van der Waals surface area contributed by atoms with E-state index in [1.165, 1.54) is 36.4 Å². The maximum atomic E-state index is 14.9. The molecule has 4 rings (SSSR count). The molecule has 6 heteroatoms. The molecule has 0 aliphatic rings. The van der Waals surface area contributed by atoms with Gasteiger partial charge in [0.1, 0.15) is 33.9 Å². The van der Waals surface area contributed by atoms with Gasteiger partial charge in [-0.3, -0.25) is 0 Å². The molecule has 124 valence electrons. The second-order valence-electron chi connectivity index (χ2n) is 5.67. The van der Waals surface area contributed by atoms with E-state index >= 15 is 0 Å². The van der Waals surface area contributed by atoms with Crippen molar-refractivity contribution < 1.29 is 19.0 Å². The molecule has 0 aliphatic heterocycles. The van der Waals surface area contributed by atoms with Gasteiger partial charge in [-0.2, -0.15) is 8.78 Å². The van der Waals surface area contributed by atoms with E-state index in [9.17, 15) is 19.0 Å². The van der Waals surface area contributed by atoms with Crippen LogP contribution in [0.25, 0.3) is 21.8 Å². The van der Waals surface area contributed by atoms with Gasteiger partial charge < -0.3 is 10.2 Å². The molecule has 25 heavy (non-hydrogen) atoms. The third kappa shape index (κ3) is 2.42. The molecular weight excluding hydrogens is 326 g/mol. The molecule has 0 unspecified atom stereocenters. The molecule has 0 amide bonds. The summed E-state index contributed by atoms with van der Waals surface area (Å²) in [6, 6.07) is 14.7. The average Bonchev–Trinajstić information content (AvgIpc) is 2.62. The molecule has 4 nitrogen and oxygen atoms in total. The molecule has 2 aromatic heterocycles. The Bertz CT molecular complexity index is 1030. The van der Waals surface area contributed by atoms with Crippen LogP contribution in [0.2, 0.25) is 0 Å². The lowest BCUT2D eigenvalue weighted by Crippen LogP contribution is -2.18. The molecule has 0 radical (unpaired) electrons. The highest BCUT2D eigenvalue weighted by atomic mass is 19.3. The fourth-order valence-corrected chi connectivity index (χ4v) is 2.74. The van der Waals surface area contributed by atoms with Crippen LogP contribution in [-0.2, 0) is 5.92 Å². The van der Waals surface area contributed by atoms with Gasteiger partial charge in [0.05, 0.1) is 0 Å². The quantitative estimate of drug-likeness (QED) is 0.571. The normalized spacial score (nSPS) is 11.9. The Morgan fingerprint density at radius 2 is 1.08 bits per heavy atom. The zero-order valence-corrected chi connectivity index (χ0v) is 12.8. The van der Waals surface area contributed by atoms with Crippen LogP contribution in [0.15, 0.2) is 60.7 Å². The highest BCUT2D eigenvalue weighted by Gasteiger charge is 2.38. The van der Waals surface area contributed by atoms with Crippen molar-refractivity contribution in [3.63, 3.8) is 0 Å². The second kappa shape index (κ2) is 5.37. The number of fused-ring (bicyclic) bond motifs is 2. The number of hydrogen-bond acceptors (Lipinski definition) is 4. The Morgan fingerprint density at radius 1 is 0.640 bits per heavy atom. The Balaban J connectivity index is 1.89. The monoisotopic (exact) mass is 338 g/mol. The number of aromatic nitrogens is 2. The van der Waals surface area contributed by atoms with Crippen LogP contribution in [0.5, 0.6) is 11.5 Å². The number of hydrogen-bond donors (Lipinski definition) is 2. The third-order valence-corrected chi connectivity index (χ3v) is 4.04. The lowest BCUT2D eigenvalue weighted by molar-refractivity contribution is 0.0339.